The molecule has 0 radical (unpaired) electrons. The molecule has 1 aliphatic carbocycles. The Balaban J connectivity index is 2.35. The van der Waals surface area contributed by atoms with Gasteiger partial charge in [0.2, 0.25) is 0 Å². The maximum atomic E-state index is 14.2. The van der Waals surface area contributed by atoms with Crippen molar-refractivity contribution in [2.75, 3.05) is 7.11 Å². The van der Waals surface area contributed by atoms with Gasteiger partial charge in [0.15, 0.2) is 0 Å². The van der Waals surface area contributed by atoms with E-state index in [2.05, 4.69) is 4.72 Å². The smallest absolute Gasteiger partial charge is 0.275 e. The van der Waals surface area contributed by atoms with Crippen LogP contribution in [0.25, 0.3) is 0 Å². The number of hydrogen-bond donors (Lipinski definition) is 1. The first-order valence-electron chi connectivity index (χ1n) is 6.38. The molecule has 0 amide bonds. The molecule has 0 heterocycles. The van der Waals surface area contributed by atoms with E-state index < -0.39 is 34.5 Å². The van der Waals surface area contributed by atoms with Gasteiger partial charge in [0.1, 0.15) is 16.5 Å². The summed E-state index contributed by atoms with van der Waals surface area (Å²) in [6.07, 6.45) is -0.397. The first-order valence-corrected chi connectivity index (χ1v) is 7.53. The van der Waals surface area contributed by atoms with E-state index in [1.807, 2.05) is 0 Å². The van der Waals surface area contributed by atoms with E-state index in [1.54, 1.807) is 39.0 Å². The molecule has 1 unspecified atom stereocenters. The van der Waals surface area contributed by atoms with Crippen molar-refractivity contribution in [3.05, 3.63) is 29.3 Å². The number of methoxy groups -OCH3 is 1. The van der Waals surface area contributed by atoms with Crippen LogP contribution in [0, 0.1) is 0 Å². The third-order valence-electron chi connectivity index (χ3n) is 3.32. The molecule has 1 aliphatic rings. The van der Waals surface area contributed by atoms with Crippen LogP contribution in [0.3, 0.4) is 0 Å². The van der Waals surface area contributed by atoms with Gasteiger partial charge in [-0.2, -0.15) is 0 Å². The van der Waals surface area contributed by atoms with Crippen LogP contribution in [-0.2, 0) is 17.8 Å². The van der Waals surface area contributed by atoms with Crippen LogP contribution in [0.5, 0.6) is 5.75 Å². The van der Waals surface area contributed by atoms with Crippen LogP contribution in [0.4, 0.5) is 8.78 Å². The zero-order chi connectivity index (χ0) is 15.1. The lowest BCUT2D eigenvalue weighted by Gasteiger charge is -2.28. The lowest BCUT2D eigenvalue weighted by atomic mass is 10.1. The van der Waals surface area contributed by atoms with Crippen molar-refractivity contribution in [1.29, 1.82) is 0 Å². The van der Waals surface area contributed by atoms with Gasteiger partial charge in [-0.1, -0.05) is 12.1 Å². The second kappa shape index (κ2) is 5.16. The molecule has 0 aliphatic heterocycles. The van der Waals surface area contributed by atoms with Gasteiger partial charge in [0.05, 0.1) is 7.11 Å². The van der Waals surface area contributed by atoms with Crippen molar-refractivity contribution in [2.45, 2.75) is 43.9 Å². The predicted molar refractivity (Wildman–Crippen MR) is 75.4 cm³/mol. The van der Waals surface area contributed by atoms with Crippen molar-refractivity contribution >= 4 is 11.4 Å². The molecule has 0 saturated carbocycles. The van der Waals surface area contributed by atoms with E-state index in [9.17, 15) is 13.3 Å². The van der Waals surface area contributed by atoms with Crippen molar-refractivity contribution in [3.63, 3.8) is 0 Å². The summed E-state index contributed by atoms with van der Waals surface area (Å²) < 4.78 is 47.7. The summed E-state index contributed by atoms with van der Waals surface area (Å²) in [5, 5.41) is 0. The minimum atomic E-state index is -2.97. The van der Waals surface area contributed by atoms with Crippen LogP contribution in [0.15, 0.2) is 18.2 Å². The number of alkyl halides is 2. The van der Waals surface area contributed by atoms with Crippen LogP contribution < -0.4 is 9.46 Å². The predicted octanol–water partition coefficient (Wildman–Crippen LogP) is 2.98. The van der Waals surface area contributed by atoms with Crippen molar-refractivity contribution < 1.29 is 18.1 Å². The number of ether oxygens (including phenoxy) is 1. The summed E-state index contributed by atoms with van der Waals surface area (Å²) in [4.78, 5) is 0. The third-order valence-corrected chi connectivity index (χ3v) is 4.88. The van der Waals surface area contributed by atoms with Gasteiger partial charge in [-0.05, 0) is 32.4 Å². The van der Waals surface area contributed by atoms with E-state index in [0.29, 0.717) is 16.9 Å². The van der Waals surface area contributed by atoms with E-state index in [4.69, 9.17) is 4.74 Å². The van der Waals surface area contributed by atoms with Crippen LogP contribution >= 0.6 is 0 Å². The molecule has 1 aromatic rings. The Morgan fingerprint density at radius 1 is 1.40 bits per heavy atom. The molecule has 0 aromatic heterocycles. The zero-order valence-electron chi connectivity index (χ0n) is 12.0. The fraction of sp³-hybridized carbons (Fsp3) is 0.571. The maximum Gasteiger partial charge on any atom is 0.275 e. The van der Waals surface area contributed by atoms with Crippen molar-refractivity contribution in [2.24, 2.45) is 0 Å². The average Bonchev–Trinajstić information content (AvgIpc) is 2.59. The molecule has 1 N–H and O–H groups in total. The highest BCUT2D eigenvalue weighted by atomic mass is 32.2. The zero-order valence-corrected chi connectivity index (χ0v) is 12.8. The van der Waals surface area contributed by atoms with E-state index in [1.165, 1.54) is 7.11 Å². The summed E-state index contributed by atoms with van der Waals surface area (Å²) >= 11 is -1.56. The number of nitrogens with one attached hydrogen (secondary N) is 1. The lowest BCUT2D eigenvalue weighted by molar-refractivity contribution is -0.0190. The van der Waals surface area contributed by atoms with Gasteiger partial charge in [0.25, 0.3) is 5.92 Å². The molecular formula is C14H19F2NO2S. The normalized spacial score (nSPS) is 22.4. The Labute approximate surface area is 121 Å². The average molecular weight is 303 g/mol. The first kappa shape index (κ1) is 15.5. The Morgan fingerprint density at radius 3 is 2.60 bits per heavy atom. The monoisotopic (exact) mass is 303 g/mol. The van der Waals surface area contributed by atoms with Gasteiger partial charge >= 0.3 is 0 Å². The molecule has 2 atom stereocenters. The van der Waals surface area contributed by atoms with Crippen LogP contribution in [-0.4, -0.2) is 22.3 Å². The highest BCUT2D eigenvalue weighted by Gasteiger charge is 2.51. The number of benzene rings is 1. The summed E-state index contributed by atoms with van der Waals surface area (Å²) in [6, 6.07) is 3.73. The molecule has 20 heavy (non-hydrogen) atoms. The van der Waals surface area contributed by atoms with Crippen LogP contribution in [0.2, 0.25) is 0 Å². The third kappa shape index (κ3) is 2.77. The van der Waals surface area contributed by atoms with Crippen molar-refractivity contribution in [1.82, 2.24) is 4.72 Å². The highest BCUT2D eigenvalue weighted by molar-refractivity contribution is 7.90. The lowest BCUT2D eigenvalue weighted by Crippen LogP contribution is -2.45. The Hall–Kier alpha value is -0.850. The fourth-order valence-electron chi connectivity index (χ4n) is 2.23. The molecule has 3 nitrogen and oxygen atoms in total. The Morgan fingerprint density at radius 2 is 2.05 bits per heavy atom. The van der Waals surface area contributed by atoms with Crippen LogP contribution in [0.1, 0.15) is 37.9 Å². The Bertz CT molecular complexity index is 502. The Kier molecular flexibility index (Phi) is 4.01. The van der Waals surface area contributed by atoms with Gasteiger partial charge < -0.3 is 9.29 Å². The van der Waals surface area contributed by atoms with Gasteiger partial charge in [0, 0.05) is 23.3 Å². The number of fused-ring (bicyclic) bond motifs is 1. The minimum Gasteiger partial charge on any atom is -0.598 e. The molecular weight excluding hydrogens is 284 g/mol. The van der Waals surface area contributed by atoms with Gasteiger partial charge in [-0.3, -0.25) is 0 Å². The molecule has 6 heteroatoms. The molecule has 2 rings (SSSR count). The van der Waals surface area contributed by atoms with E-state index in [-0.39, 0.29) is 0 Å². The summed E-state index contributed by atoms with van der Waals surface area (Å²) in [7, 11) is 1.46. The number of halogens is 2. The second-order valence-electron chi connectivity index (χ2n) is 5.90. The minimum absolute atomic E-state index is 0.397. The maximum absolute atomic E-state index is 14.2. The summed E-state index contributed by atoms with van der Waals surface area (Å²) in [6.45, 7) is 5.24. The molecule has 0 fully saturated rings. The summed E-state index contributed by atoms with van der Waals surface area (Å²) in [5.41, 5.74) is 0.954. The standard InChI is InChI=1S/C14H19F2NO2S/c1-13(2,3)20(18)17-12-9-6-5-7-11(19-4)10(9)8-14(12,15)16/h5-7,12,17H,8H2,1-4H3/t12-,20?/m1/s1. The molecule has 0 saturated heterocycles. The SMILES string of the molecule is COc1cccc2c1CC(F)(F)[C@@H]2N[S+]([O-])C(C)(C)C. The van der Waals surface area contributed by atoms with E-state index >= 15 is 0 Å². The number of hydrogen-bond acceptors (Lipinski definition) is 3. The molecule has 1 aromatic carbocycles. The topological polar surface area (TPSA) is 44.3 Å². The van der Waals surface area contributed by atoms with E-state index in [0.717, 1.165) is 0 Å². The van der Waals surface area contributed by atoms with Gasteiger partial charge in [-0.15, -0.1) is 4.72 Å². The fourth-order valence-corrected chi connectivity index (χ4v) is 3.10. The molecule has 0 spiro atoms. The summed E-state index contributed by atoms with van der Waals surface area (Å²) in [5.74, 6) is -2.52. The largest absolute Gasteiger partial charge is 0.598 e. The second-order valence-corrected chi connectivity index (χ2v) is 7.90. The van der Waals surface area contributed by atoms with Crippen molar-refractivity contribution in [3.8, 4) is 5.75 Å². The number of rotatable bonds is 3. The first-order chi connectivity index (χ1) is 9.16. The van der Waals surface area contributed by atoms with Gasteiger partial charge in [-0.25, -0.2) is 8.78 Å². The molecule has 0 bridgehead atoms. The molecule has 112 valence electrons. The highest BCUT2D eigenvalue weighted by Crippen LogP contribution is 2.47. The quantitative estimate of drug-likeness (QED) is 0.873.